The Kier molecular flexibility index (Phi) is 6.29. The molecule has 0 bridgehead atoms. The first-order valence-electron chi connectivity index (χ1n) is 8.68. The van der Waals surface area contributed by atoms with Gasteiger partial charge >= 0.3 is 11.9 Å². The van der Waals surface area contributed by atoms with E-state index in [0.717, 1.165) is 11.3 Å². The van der Waals surface area contributed by atoms with Gasteiger partial charge in [0.15, 0.2) is 5.41 Å². The summed E-state index contributed by atoms with van der Waals surface area (Å²) in [6.07, 6.45) is 2.26. The van der Waals surface area contributed by atoms with Crippen molar-refractivity contribution < 1.29 is 24.5 Å². The predicted octanol–water partition coefficient (Wildman–Crippen LogP) is 4.72. The third kappa shape index (κ3) is 3.35. The number of aliphatic carboxylic acids is 2. The minimum absolute atomic E-state index is 0.421. The van der Waals surface area contributed by atoms with Gasteiger partial charge in [0, 0.05) is 5.41 Å². The molecular formula is C21H30O5. The Balaban J connectivity index is 3.59. The van der Waals surface area contributed by atoms with E-state index in [1.54, 1.807) is 41.7 Å². The summed E-state index contributed by atoms with van der Waals surface area (Å²) in [5.74, 6) is -1.91. The highest BCUT2D eigenvalue weighted by Crippen LogP contribution is 2.57. The molecule has 0 aliphatic heterocycles. The molecule has 26 heavy (non-hydrogen) atoms. The fraction of sp³-hybridized carbons (Fsp3) is 0.524. The van der Waals surface area contributed by atoms with Crippen LogP contribution in [-0.4, -0.2) is 29.3 Å². The van der Waals surface area contributed by atoms with Crippen LogP contribution in [0.1, 0.15) is 53.5 Å². The van der Waals surface area contributed by atoms with Crippen molar-refractivity contribution in [1.82, 2.24) is 0 Å². The van der Waals surface area contributed by atoms with Gasteiger partial charge in [-0.3, -0.25) is 9.59 Å². The minimum atomic E-state index is -1.97. The topological polar surface area (TPSA) is 83.8 Å². The zero-order chi connectivity index (χ0) is 20.3. The molecule has 5 nitrogen and oxygen atoms in total. The van der Waals surface area contributed by atoms with Crippen molar-refractivity contribution >= 4 is 18.0 Å². The quantitative estimate of drug-likeness (QED) is 0.654. The standard InChI is InChI=1S/C21H30O5/c1-8-19(3,4)21(17(22)23,18(24)25)20(5,6)14(2)13-15-9-11-16(26-7)12-10-15/h9-13H,8H2,1-7H3,(H,22,23)(H,24,25). The van der Waals surface area contributed by atoms with Crippen molar-refractivity contribution in [3.8, 4) is 5.75 Å². The Hall–Kier alpha value is -2.30. The molecule has 0 aliphatic rings. The van der Waals surface area contributed by atoms with Crippen LogP contribution in [0.3, 0.4) is 0 Å². The molecule has 0 heterocycles. The van der Waals surface area contributed by atoms with Crippen molar-refractivity contribution in [2.75, 3.05) is 7.11 Å². The summed E-state index contributed by atoms with van der Waals surface area (Å²) in [5, 5.41) is 20.1. The Morgan fingerprint density at radius 1 is 1.04 bits per heavy atom. The normalized spacial score (nSPS) is 13.4. The number of methoxy groups -OCH3 is 1. The number of benzene rings is 1. The lowest BCUT2D eigenvalue weighted by molar-refractivity contribution is -0.186. The fourth-order valence-electron chi connectivity index (χ4n) is 3.74. The van der Waals surface area contributed by atoms with E-state index in [1.807, 2.05) is 37.3 Å². The fourth-order valence-corrected chi connectivity index (χ4v) is 3.74. The molecule has 5 heteroatoms. The highest BCUT2D eigenvalue weighted by atomic mass is 16.5. The number of carboxylic acid groups (broad SMARTS) is 2. The lowest BCUT2D eigenvalue weighted by Crippen LogP contribution is -2.59. The minimum Gasteiger partial charge on any atom is -0.497 e. The molecular weight excluding hydrogens is 332 g/mol. The number of allylic oxidation sites excluding steroid dienone is 1. The molecule has 0 unspecified atom stereocenters. The summed E-state index contributed by atoms with van der Waals surface area (Å²) in [4.78, 5) is 24.7. The van der Waals surface area contributed by atoms with Crippen molar-refractivity contribution in [2.24, 2.45) is 16.2 Å². The van der Waals surface area contributed by atoms with Gasteiger partial charge in [-0.15, -0.1) is 0 Å². The number of carbonyl (C=O) groups is 2. The second kappa shape index (κ2) is 7.52. The maximum absolute atomic E-state index is 12.3. The van der Waals surface area contributed by atoms with Crippen LogP contribution in [0.2, 0.25) is 0 Å². The third-order valence-electron chi connectivity index (χ3n) is 5.96. The van der Waals surface area contributed by atoms with E-state index in [-0.39, 0.29) is 0 Å². The summed E-state index contributed by atoms with van der Waals surface area (Å²) in [6, 6.07) is 7.33. The SMILES string of the molecule is CCC(C)(C)C(C(=O)O)(C(=O)O)C(C)(C)C(C)=Cc1ccc(OC)cc1. The van der Waals surface area contributed by atoms with Gasteiger partial charge in [0.25, 0.3) is 0 Å². The summed E-state index contributed by atoms with van der Waals surface area (Å²) in [5.41, 5.74) is -2.50. The van der Waals surface area contributed by atoms with Crippen molar-refractivity contribution in [3.63, 3.8) is 0 Å². The first-order valence-corrected chi connectivity index (χ1v) is 8.68. The number of ether oxygens (including phenoxy) is 1. The van der Waals surface area contributed by atoms with E-state index in [1.165, 1.54) is 0 Å². The van der Waals surface area contributed by atoms with Crippen molar-refractivity contribution in [2.45, 2.75) is 48.0 Å². The van der Waals surface area contributed by atoms with Gasteiger partial charge in [0.2, 0.25) is 0 Å². The zero-order valence-corrected chi connectivity index (χ0v) is 16.7. The molecule has 0 atom stereocenters. The average molecular weight is 362 g/mol. The Labute approximate surface area is 155 Å². The van der Waals surface area contributed by atoms with E-state index < -0.39 is 28.2 Å². The van der Waals surface area contributed by atoms with E-state index in [9.17, 15) is 19.8 Å². The molecule has 1 aromatic rings. The lowest BCUT2D eigenvalue weighted by Gasteiger charge is -2.50. The summed E-state index contributed by atoms with van der Waals surface area (Å²) >= 11 is 0. The number of hydrogen-bond acceptors (Lipinski definition) is 3. The van der Waals surface area contributed by atoms with Gasteiger partial charge in [-0.25, -0.2) is 0 Å². The number of rotatable bonds is 8. The van der Waals surface area contributed by atoms with Crippen LogP contribution >= 0.6 is 0 Å². The number of hydrogen-bond donors (Lipinski definition) is 2. The molecule has 0 spiro atoms. The highest BCUT2D eigenvalue weighted by molar-refractivity contribution is 6.01. The molecule has 1 aromatic carbocycles. The average Bonchev–Trinajstić information content (AvgIpc) is 2.54. The summed E-state index contributed by atoms with van der Waals surface area (Å²) < 4.78 is 5.14. The van der Waals surface area contributed by atoms with E-state index in [2.05, 4.69) is 0 Å². The zero-order valence-electron chi connectivity index (χ0n) is 16.7. The van der Waals surface area contributed by atoms with E-state index in [0.29, 0.717) is 12.0 Å². The smallest absolute Gasteiger partial charge is 0.322 e. The first-order chi connectivity index (χ1) is 11.9. The predicted molar refractivity (Wildman–Crippen MR) is 102 cm³/mol. The molecule has 0 aliphatic carbocycles. The van der Waals surface area contributed by atoms with Crippen LogP contribution in [-0.2, 0) is 9.59 Å². The molecule has 1 rings (SSSR count). The maximum Gasteiger partial charge on any atom is 0.322 e. The van der Waals surface area contributed by atoms with Crippen molar-refractivity contribution in [3.05, 3.63) is 35.4 Å². The largest absolute Gasteiger partial charge is 0.497 e. The lowest BCUT2D eigenvalue weighted by atomic mass is 9.50. The van der Waals surface area contributed by atoms with Crippen LogP contribution < -0.4 is 4.74 Å². The molecule has 0 fully saturated rings. The molecule has 0 aromatic heterocycles. The second-order valence-corrected chi connectivity index (χ2v) is 7.82. The van der Waals surface area contributed by atoms with Crippen LogP contribution in [0.4, 0.5) is 0 Å². The van der Waals surface area contributed by atoms with Gasteiger partial charge in [-0.2, -0.15) is 0 Å². The third-order valence-corrected chi connectivity index (χ3v) is 5.96. The maximum atomic E-state index is 12.3. The van der Waals surface area contributed by atoms with Crippen molar-refractivity contribution in [1.29, 1.82) is 0 Å². The van der Waals surface area contributed by atoms with Crippen LogP contribution in [0, 0.1) is 16.2 Å². The molecule has 0 amide bonds. The molecule has 2 N–H and O–H groups in total. The molecule has 0 saturated heterocycles. The Morgan fingerprint density at radius 2 is 1.50 bits per heavy atom. The van der Waals surface area contributed by atoms with Crippen LogP contribution in [0.15, 0.2) is 29.8 Å². The molecule has 0 radical (unpaired) electrons. The van der Waals surface area contributed by atoms with Gasteiger partial charge in [0.05, 0.1) is 7.11 Å². The van der Waals surface area contributed by atoms with Gasteiger partial charge in [0.1, 0.15) is 5.75 Å². The highest BCUT2D eigenvalue weighted by Gasteiger charge is 2.66. The summed E-state index contributed by atoms with van der Waals surface area (Å²) in [6.45, 7) is 10.4. The number of carboxylic acids is 2. The second-order valence-electron chi connectivity index (χ2n) is 7.82. The van der Waals surface area contributed by atoms with E-state index in [4.69, 9.17) is 4.74 Å². The van der Waals surface area contributed by atoms with Gasteiger partial charge < -0.3 is 14.9 Å². The summed E-state index contributed by atoms with van der Waals surface area (Å²) in [7, 11) is 1.58. The van der Waals surface area contributed by atoms with Crippen LogP contribution in [0.5, 0.6) is 5.75 Å². The van der Waals surface area contributed by atoms with Crippen LogP contribution in [0.25, 0.3) is 6.08 Å². The first kappa shape index (κ1) is 21.7. The Morgan fingerprint density at radius 3 is 1.85 bits per heavy atom. The van der Waals surface area contributed by atoms with Gasteiger partial charge in [-0.05, 0) is 36.5 Å². The van der Waals surface area contributed by atoms with E-state index >= 15 is 0 Å². The molecule has 144 valence electrons. The Bertz CT molecular complexity index is 682. The van der Waals surface area contributed by atoms with Gasteiger partial charge in [-0.1, -0.05) is 58.4 Å². The monoisotopic (exact) mass is 362 g/mol. The molecule has 0 saturated carbocycles.